The third-order valence-corrected chi connectivity index (χ3v) is 4.89. The molecule has 29 heavy (non-hydrogen) atoms. The number of amides is 1. The Morgan fingerprint density at radius 3 is 2.38 bits per heavy atom. The van der Waals surface area contributed by atoms with Crippen molar-refractivity contribution in [2.45, 2.75) is 6.54 Å². The Hall–Kier alpha value is -3.32. The molecule has 0 saturated carbocycles. The van der Waals surface area contributed by atoms with E-state index in [1.54, 1.807) is 12.1 Å². The second-order valence-electron chi connectivity index (χ2n) is 6.99. The minimum Gasteiger partial charge on any atom is -0.338 e. The summed E-state index contributed by atoms with van der Waals surface area (Å²) in [4.78, 5) is 25.5. The van der Waals surface area contributed by atoms with Crippen LogP contribution in [0.4, 0.5) is 16.0 Å². The Balaban J connectivity index is 1.32. The monoisotopic (exact) mass is 391 g/mol. The molecule has 0 atom stereocenters. The largest absolute Gasteiger partial charge is 0.338 e. The van der Waals surface area contributed by atoms with Crippen LogP contribution in [-0.4, -0.2) is 47.0 Å². The molecule has 0 bridgehead atoms. The van der Waals surface area contributed by atoms with Gasteiger partial charge in [-0.15, -0.1) is 0 Å². The number of nitrogens with one attached hydrogen (secondary N) is 1. The van der Waals surface area contributed by atoms with Crippen LogP contribution >= 0.6 is 0 Å². The molecule has 0 spiro atoms. The molecule has 7 heteroatoms. The number of hydrogen-bond donors (Lipinski definition) is 1. The van der Waals surface area contributed by atoms with Crippen LogP contribution in [0, 0.1) is 5.82 Å². The average molecular weight is 391 g/mol. The van der Waals surface area contributed by atoms with Crippen molar-refractivity contribution in [3.05, 3.63) is 83.9 Å². The van der Waals surface area contributed by atoms with Crippen molar-refractivity contribution in [2.24, 2.45) is 0 Å². The zero-order valence-corrected chi connectivity index (χ0v) is 16.0. The summed E-state index contributed by atoms with van der Waals surface area (Å²) < 4.78 is 13.2. The van der Waals surface area contributed by atoms with E-state index in [0.29, 0.717) is 17.2 Å². The molecule has 1 aliphatic heterocycles. The van der Waals surface area contributed by atoms with E-state index < -0.39 is 5.82 Å². The highest BCUT2D eigenvalue weighted by Gasteiger charge is 2.19. The molecular weight excluding hydrogens is 369 g/mol. The molecule has 0 aliphatic carbocycles. The van der Waals surface area contributed by atoms with Gasteiger partial charge in [-0.3, -0.25) is 9.69 Å². The molecule has 1 amide bonds. The van der Waals surface area contributed by atoms with Crippen molar-refractivity contribution in [1.82, 2.24) is 14.9 Å². The SMILES string of the molecule is O=C(Nc1cccc(F)c1)c1cnc(N2CCN(Cc3ccccc3)CC2)nc1. The van der Waals surface area contributed by atoms with Gasteiger partial charge in [0.15, 0.2) is 0 Å². The molecule has 3 aromatic rings. The minimum absolute atomic E-state index is 0.334. The molecular formula is C22H22FN5O. The molecule has 148 valence electrons. The molecule has 0 radical (unpaired) electrons. The van der Waals surface area contributed by atoms with Gasteiger partial charge in [0, 0.05) is 50.8 Å². The van der Waals surface area contributed by atoms with E-state index in [2.05, 4.69) is 49.4 Å². The second kappa shape index (κ2) is 8.79. The molecule has 0 unspecified atom stereocenters. The average Bonchev–Trinajstić information content (AvgIpc) is 2.75. The number of hydrogen-bond acceptors (Lipinski definition) is 5. The number of nitrogens with zero attached hydrogens (tertiary/aromatic N) is 4. The third kappa shape index (κ3) is 4.94. The molecule has 2 aromatic carbocycles. The van der Waals surface area contributed by atoms with Gasteiger partial charge < -0.3 is 10.2 Å². The molecule has 1 fully saturated rings. The van der Waals surface area contributed by atoms with Crippen molar-refractivity contribution >= 4 is 17.5 Å². The fourth-order valence-electron chi connectivity index (χ4n) is 3.32. The molecule has 6 nitrogen and oxygen atoms in total. The molecule has 4 rings (SSSR count). The van der Waals surface area contributed by atoms with Crippen LogP contribution in [0.1, 0.15) is 15.9 Å². The summed E-state index contributed by atoms with van der Waals surface area (Å²) in [6, 6.07) is 16.2. The number of anilines is 2. The number of piperazine rings is 1. The quantitative estimate of drug-likeness (QED) is 0.724. The minimum atomic E-state index is -0.402. The molecule has 1 aromatic heterocycles. The predicted octanol–water partition coefficient (Wildman–Crippen LogP) is 3.19. The Bertz CT molecular complexity index is 956. The Kier molecular flexibility index (Phi) is 5.76. The maximum absolute atomic E-state index is 13.2. The zero-order valence-electron chi connectivity index (χ0n) is 16.0. The summed E-state index contributed by atoms with van der Waals surface area (Å²) in [5, 5.41) is 2.65. The number of carbonyl (C=O) groups excluding carboxylic acids is 1. The van der Waals surface area contributed by atoms with E-state index in [-0.39, 0.29) is 5.91 Å². The summed E-state index contributed by atoms with van der Waals surface area (Å²) >= 11 is 0. The normalized spacial score (nSPS) is 14.6. The van der Waals surface area contributed by atoms with Crippen LogP contribution in [0.5, 0.6) is 0 Å². The number of aromatic nitrogens is 2. The summed E-state index contributed by atoms with van der Waals surface area (Å²) in [6.07, 6.45) is 3.01. The summed E-state index contributed by atoms with van der Waals surface area (Å²) in [6.45, 7) is 4.47. The number of rotatable bonds is 5. The van der Waals surface area contributed by atoms with Gasteiger partial charge in [0.2, 0.25) is 5.95 Å². The predicted molar refractivity (Wildman–Crippen MR) is 110 cm³/mol. The van der Waals surface area contributed by atoms with E-state index in [0.717, 1.165) is 32.7 Å². The van der Waals surface area contributed by atoms with Crippen LogP contribution < -0.4 is 10.2 Å². The highest BCUT2D eigenvalue weighted by atomic mass is 19.1. The number of benzene rings is 2. The first-order chi connectivity index (χ1) is 14.2. The van der Waals surface area contributed by atoms with Crippen LogP contribution in [0.3, 0.4) is 0 Å². The Labute approximate surface area is 169 Å². The van der Waals surface area contributed by atoms with Crippen molar-refractivity contribution in [3.63, 3.8) is 0 Å². The van der Waals surface area contributed by atoms with E-state index >= 15 is 0 Å². The third-order valence-electron chi connectivity index (χ3n) is 4.89. The maximum Gasteiger partial charge on any atom is 0.258 e. The highest BCUT2D eigenvalue weighted by Crippen LogP contribution is 2.15. The lowest BCUT2D eigenvalue weighted by atomic mass is 10.2. The van der Waals surface area contributed by atoms with E-state index in [1.165, 1.54) is 30.1 Å². The molecule has 1 aliphatic rings. The molecule has 1 saturated heterocycles. The lowest BCUT2D eigenvalue weighted by molar-refractivity contribution is 0.102. The van der Waals surface area contributed by atoms with Gasteiger partial charge in [-0.2, -0.15) is 0 Å². The lowest BCUT2D eigenvalue weighted by Gasteiger charge is -2.34. The first kappa shape index (κ1) is 19.0. The smallest absolute Gasteiger partial charge is 0.258 e. The Morgan fingerprint density at radius 2 is 1.69 bits per heavy atom. The van der Waals surface area contributed by atoms with E-state index in [9.17, 15) is 9.18 Å². The van der Waals surface area contributed by atoms with Crippen molar-refractivity contribution in [2.75, 3.05) is 36.4 Å². The van der Waals surface area contributed by atoms with Crippen molar-refractivity contribution in [3.8, 4) is 0 Å². The van der Waals surface area contributed by atoms with Crippen LogP contribution in [0.2, 0.25) is 0 Å². The van der Waals surface area contributed by atoms with Crippen molar-refractivity contribution in [1.29, 1.82) is 0 Å². The maximum atomic E-state index is 13.2. The van der Waals surface area contributed by atoms with E-state index in [4.69, 9.17) is 0 Å². The van der Waals surface area contributed by atoms with Gasteiger partial charge in [-0.05, 0) is 23.8 Å². The Morgan fingerprint density at radius 1 is 0.966 bits per heavy atom. The van der Waals surface area contributed by atoms with E-state index in [1.807, 2.05) is 6.07 Å². The van der Waals surface area contributed by atoms with Crippen LogP contribution in [0.25, 0.3) is 0 Å². The molecule has 1 N–H and O–H groups in total. The van der Waals surface area contributed by atoms with Gasteiger partial charge in [-0.25, -0.2) is 14.4 Å². The van der Waals surface area contributed by atoms with Gasteiger partial charge in [0.25, 0.3) is 5.91 Å². The fourth-order valence-corrected chi connectivity index (χ4v) is 3.32. The highest BCUT2D eigenvalue weighted by molar-refractivity contribution is 6.03. The summed E-state index contributed by atoms with van der Waals surface area (Å²) in [5.41, 5.74) is 2.04. The summed E-state index contributed by atoms with van der Waals surface area (Å²) in [7, 11) is 0. The second-order valence-corrected chi connectivity index (χ2v) is 6.99. The van der Waals surface area contributed by atoms with Gasteiger partial charge in [0.05, 0.1) is 5.56 Å². The zero-order chi connectivity index (χ0) is 20.1. The lowest BCUT2D eigenvalue weighted by Crippen LogP contribution is -2.46. The van der Waals surface area contributed by atoms with Crippen LogP contribution in [-0.2, 0) is 6.54 Å². The summed E-state index contributed by atoms with van der Waals surface area (Å²) in [5.74, 6) is -0.151. The van der Waals surface area contributed by atoms with Crippen LogP contribution in [0.15, 0.2) is 67.0 Å². The van der Waals surface area contributed by atoms with Gasteiger partial charge >= 0.3 is 0 Å². The standard InChI is InChI=1S/C22H22FN5O/c23-19-7-4-8-20(13-19)26-21(29)18-14-24-22(25-15-18)28-11-9-27(10-12-28)16-17-5-2-1-3-6-17/h1-8,13-15H,9-12,16H2,(H,26,29). The molecule has 2 heterocycles. The number of halogens is 1. The van der Waals surface area contributed by atoms with Gasteiger partial charge in [0.1, 0.15) is 5.82 Å². The van der Waals surface area contributed by atoms with Crippen molar-refractivity contribution < 1.29 is 9.18 Å². The topological polar surface area (TPSA) is 61.4 Å². The fraction of sp³-hybridized carbons (Fsp3) is 0.227. The number of carbonyl (C=O) groups is 1. The first-order valence-corrected chi connectivity index (χ1v) is 9.57. The van der Waals surface area contributed by atoms with Gasteiger partial charge in [-0.1, -0.05) is 36.4 Å². The first-order valence-electron chi connectivity index (χ1n) is 9.57.